The molecule has 1 rings (SSSR count). The number of nitrogens with one attached hydrogen (secondary N) is 1. The van der Waals surface area contributed by atoms with Gasteiger partial charge in [0.1, 0.15) is 0 Å². The molecule has 0 heterocycles. The van der Waals surface area contributed by atoms with Crippen LogP contribution in [0.4, 0.5) is 0 Å². The second-order valence-electron chi connectivity index (χ2n) is 5.27. The largest absolute Gasteiger partial charge is 0.393 e. The summed E-state index contributed by atoms with van der Waals surface area (Å²) in [4.78, 5) is 11.8. The highest BCUT2D eigenvalue weighted by Crippen LogP contribution is 2.23. The van der Waals surface area contributed by atoms with E-state index in [2.05, 4.69) is 5.32 Å². The first-order valence-corrected chi connectivity index (χ1v) is 6.77. The van der Waals surface area contributed by atoms with E-state index in [0.29, 0.717) is 6.54 Å². The van der Waals surface area contributed by atoms with Crippen molar-refractivity contribution in [1.29, 1.82) is 0 Å². The van der Waals surface area contributed by atoms with Crippen molar-refractivity contribution in [2.75, 3.05) is 6.54 Å². The first-order valence-electron chi connectivity index (χ1n) is 6.77. The number of halogens is 1. The molecule has 0 radical (unpaired) electrons. The van der Waals surface area contributed by atoms with E-state index in [9.17, 15) is 9.90 Å². The van der Waals surface area contributed by atoms with Crippen LogP contribution in [0.3, 0.4) is 0 Å². The smallest absolute Gasteiger partial charge is 0.237 e. The standard InChI is InChI=1S/C13H26N2O2.ClH/c1-3-9(2)12(14)13(17)15-8-10-6-4-5-7-11(10)16;/h9-12,16H,3-8,14H2,1-2H3,(H,15,17);1H. The Morgan fingerprint density at radius 3 is 2.61 bits per heavy atom. The molecule has 0 aromatic rings. The first kappa shape index (κ1) is 17.7. The number of hydrogen-bond donors (Lipinski definition) is 3. The molecule has 0 spiro atoms. The lowest BCUT2D eigenvalue weighted by Crippen LogP contribution is -2.47. The molecule has 1 amide bonds. The maximum Gasteiger partial charge on any atom is 0.237 e. The number of aliphatic hydroxyl groups excluding tert-OH is 1. The molecule has 1 aliphatic rings. The number of carbonyl (C=O) groups is 1. The predicted molar refractivity (Wildman–Crippen MR) is 75.7 cm³/mol. The van der Waals surface area contributed by atoms with Crippen LogP contribution in [-0.4, -0.2) is 29.7 Å². The number of amides is 1. The molecule has 0 aromatic heterocycles. The van der Waals surface area contributed by atoms with Crippen LogP contribution in [0.1, 0.15) is 46.0 Å². The maximum atomic E-state index is 11.8. The van der Waals surface area contributed by atoms with E-state index in [-0.39, 0.29) is 36.3 Å². The van der Waals surface area contributed by atoms with Crippen molar-refractivity contribution < 1.29 is 9.90 Å². The molecule has 4 N–H and O–H groups in total. The van der Waals surface area contributed by atoms with Crippen molar-refractivity contribution in [1.82, 2.24) is 5.32 Å². The predicted octanol–water partition coefficient (Wildman–Crippen LogP) is 1.45. The summed E-state index contributed by atoms with van der Waals surface area (Å²) >= 11 is 0. The van der Waals surface area contributed by atoms with Gasteiger partial charge in [-0.05, 0) is 18.8 Å². The lowest BCUT2D eigenvalue weighted by atomic mass is 9.86. The zero-order valence-corrected chi connectivity index (χ0v) is 12.2. The minimum atomic E-state index is -0.430. The molecule has 1 saturated carbocycles. The van der Waals surface area contributed by atoms with Crippen LogP contribution >= 0.6 is 12.4 Å². The summed E-state index contributed by atoms with van der Waals surface area (Å²) in [6.45, 7) is 4.58. The van der Waals surface area contributed by atoms with Crippen LogP contribution in [0.5, 0.6) is 0 Å². The van der Waals surface area contributed by atoms with Gasteiger partial charge in [0.15, 0.2) is 0 Å². The van der Waals surface area contributed by atoms with E-state index in [1.807, 2.05) is 13.8 Å². The third-order valence-electron chi connectivity index (χ3n) is 3.97. The van der Waals surface area contributed by atoms with Gasteiger partial charge in [0.05, 0.1) is 12.1 Å². The van der Waals surface area contributed by atoms with E-state index < -0.39 is 6.04 Å². The van der Waals surface area contributed by atoms with Crippen LogP contribution in [0.25, 0.3) is 0 Å². The minimum absolute atomic E-state index is 0. The highest BCUT2D eigenvalue weighted by molar-refractivity contribution is 5.85. The summed E-state index contributed by atoms with van der Waals surface area (Å²) in [5.41, 5.74) is 5.85. The van der Waals surface area contributed by atoms with Crippen molar-refractivity contribution in [3.8, 4) is 0 Å². The van der Waals surface area contributed by atoms with Crippen molar-refractivity contribution in [3.05, 3.63) is 0 Å². The number of nitrogens with two attached hydrogens (primary N) is 1. The van der Waals surface area contributed by atoms with Gasteiger partial charge in [0.25, 0.3) is 0 Å². The molecule has 1 aliphatic carbocycles. The Hall–Kier alpha value is -0.320. The van der Waals surface area contributed by atoms with Gasteiger partial charge < -0.3 is 16.2 Å². The lowest BCUT2D eigenvalue weighted by molar-refractivity contribution is -0.123. The van der Waals surface area contributed by atoms with Gasteiger partial charge in [0.2, 0.25) is 5.91 Å². The maximum absolute atomic E-state index is 11.8. The average Bonchev–Trinajstić information content (AvgIpc) is 2.35. The molecule has 0 aromatic carbocycles. The fourth-order valence-electron chi connectivity index (χ4n) is 2.29. The molecular weight excluding hydrogens is 252 g/mol. The summed E-state index contributed by atoms with van der Waals surface area (Å²) in [5.74, 6) is 0.320. The highest BCUT2D eigenvalue weighted by Gasteiger charge is 2.25. The van der Waals surface area contributed by atoms with E-state index in [1.165, 1.54) is 0 Å². The molecule has 4 nitrogen and oxygen atoms in total. The molecule has 1 fully saturated rings. The zero-order valence-electron chi connectivity index (χ0n) is 11.4. The topological polar surface area (TPSA) is 75.4 Å². The van der Waals surface area contributed by atoms with Gasteiger partial charge in [-0.15, -0.1) is 12.4 Å². The lowest BCUT2D eigenvalue weighted by Gasteiger charge is -2.28. The molecule has 5 heteroatoms. The monoisotopic (exact) mass is 278 g/mol. The van der Waals surface area contributed by atoms with Gasteiger partial charge >= 0.3 is 0 Å². The van der Waals surface area contributed by atoms with Crippen molar-refractivity contribution in [2.45, 2.75) is 58.1 Å². The van der Waals surface area contributed by atoms with Gasteiger partial charge in [-0.3, -0.25) is 4.79 Å². The number of hydrogen-bond acceptors (Lipinski definition) is 3. The van der Waals surface area contributed by atoms with Crippen LogP contribution in [0.2, 0.25) is 0 Å². The van der Waals surface area contributed by atoms with Gasteiger partial charge in [-0.2, -0.15) is 0 Å². The molecule has 4 unspecified atom stereocenters. The fourth-order valence-corrected chi connectivity index (χ4v) is 2.29. The summed E-state index contributed by atoms with van der Waals surface area (Å²) < 4.78 is 0. The molecule has 108 valence electrons. The van der Waals surface area contributed by atoms with Gasteiger partial charge in [-0.25, -0.2) is 0 Å². The van der Waals surface area contributed by atoms with Crippen molar-refractivity contribution in [3.63, 3.8) is 0 Å². The third-order valence-corrected chi connectivity index (χ3v) is 3.97. The SMILES string of the molecule is CCC(C)C(N)C(=O)NCC1CCCCC1O.Cl. The first-order chi connectivity index (χ1) is 8.06. The van der Waals surface area contributed by atoms with Crippen molar-refractivity contribution >= 4 is 18.3 Å². The number of carbonyl (C=O) groups excluding carboxylic acids is 1. The second kappa shape index (κ2) is 8.73. The second-order valence-corrected chi connectivity index (χ2v) is 5.27. The quantitative estimate of drug-likeness (QED) is 0.712. The Morgan fingerprint density at radius 1 is 1.44 bits per heavy atom. The Bertz CT molecular complexity index is 251. The van der Waals surface area contributed by atoms with E-state index >= 15 is 0 Å². The van der Waals surface area contributed by atoms with Crippen LogP contribution < -0.4 is 11.1 Å². The normalized spacial score (nSPS) is 26.9. The Kier molecular flexibility index (Phi) is 8.57. The van der Waals surface area contributed by atoms with E-state index in [4.69, 9.17) is 5.73 Å². The van der Waals surface area contributed by atoms with Gasteiger partial charge in [-0.1, -0.05) is 33.1 Å². The van der Waals surface area contributed by atoms with E-state index in [0.717, 1.165) is 32.1 Å². The Morgan fingerprint density at radius 2 is 2.06 bits per heavy atom. The summed E-state index contributed by atoms with van der Waals surface area (Å²) in [7, 11) is 0. The third kappa shape index (κ3) is 5.12. The average molecular weight is 279 g/mol. The minimum Gasteiger partial charge on any atom is -0.393 e. The van der Waals surface area contributed by atoms with Crippen LogP contribution in [0.15, 0.2) is 0 Å². The summed E-state index contributed by atoms with van der Waals surface area (Å²) in [5, 5.41) is 12.7. The summed E-state index contributed by atoms with van der Waals surface area (Å²) in [6, 6.07) is -0.430. The van der Waals surface area contributed by atoms with Crippen LogP contribution in [-0.2, 0) is 4.79 Å². The summed E-state index contributed by atoms with van der Waals surface area (Å²) in [6.07, 6.45) is 4.75. The molecular formula is C13H27ClN2O2. The Balaban J connectivity index is 0.00000289. The molecule has 0 bridgehead atoms. The Labute approximate surface area is 116 Å². The fraction of sp³-hybridized carbons (Fsp3) is 0.923. The van der Waals surface area contributed by atoms with Crippen molar-refractivity contribution in [2.24, 2.45) is 17.6 Å². The molecule has 4 atom stereocenters. The van der Waals surface area contributed by atoms with Gasteiger partial charge in [0, 0.05) is 12.5 Å². The zero-order chi connectivity index (χ0) is 12.8. The highest BCUT2D eigenvalue weighted by atomic mass is 35.5. The van der Waals surface area contributed by atoms with Crippen LogP contribution in [0, 0.1) is 11.8 Å². The number of rotatable bonds is 5. The molecule has 0 aliphatic heterocycles. The van der Waals surface area contributed by atoms with E-state index in [1.54, 1.807) is 0 Å². The molecule has 0 saturated heterocycles. The molecule has 18 heavy (non-hydrogen) atoms. The number of aliphatic hydroxyl groups is 1.